The number of methoxy groups -OCH3 is 1. The Balaban J connectivity index is 1.51. The monoisotopic (exact) mass is 373 g/mol. The molecule has 3 aromatic rings. The molecule has 2 heterocycles. The third kappa shape index (κ3) is 3.14. The Morgan fingerprint density at radius 1 is 1.08 bits per heavy atom. The first-order valence-corrected chi connectivity index (χ1v) is 9.55. The van der Waals surface area contributed by atoms with Crippen molar-refractivity contribution < 1.29 is 4.74 Å². The molecule has 4 rings (SSSR count). The lowest BCUT2D eigenvalue weighted by atomic mass is 10.2. The van der Waals surface area contributed by atoms with Crippen LogP contribution in [0.3, 0.4) is 0 Å². The van der Waals surface area contributed by atoms with Gasteiger partial charge in [0.15, 0.2) is 5.13 Å². The van der Waals surface area contributed by atoms with E-state index >= 15 is 0 Å². The predicted octanol–water partition coefficient (Wildman–Crippen LogP) is 4.59. The lowest BCUT2D eigenvalue weighted by molar-refractivity contribution is 0.414. The minimum absolute atomic E-state index is 0.784. The maximum Gasteiger partial charge on any atom is 0.186 e. The van der Waals surface area contributed by atoms with Gasteiger partial charge in [0.05, 0.1) is 17.3 Å². The summed E-state index contributed by atoms with van der Waals surface area (Å²) in [5.41, 5.74) is 3.31. The molecule has 25 heavy (non-hydrogen) atoms. The normalized spacial score (nSPS) is 15.0. The Hall–Kier alpha value is -1.98. The molecular formula is C19H20ClN3OS. The molecule has 0 aliphatic carbocycles. The number of benzene rings is 2. The number of hydrogen-bond acceptors (Lipinski definition) is 5. The van der Waals surface area contributed by atoms with Gasteiger partial charge in [-0.1, -0.05) is 29.0 Å². The fraction of sp³-hybridized carbons (Fsp3) is 0.316. The Kier molecular flexibility index (Phi) is 4.44. The zero-order valence-corrected chi connectivity index (χ0v) is 15.9. The molecule has 0 bridgehead atoms. The molecule has 1 aliphatic rings. The summed E-state index contributed by atoms with van der Waals surface area (Å²) >= 11 is 7.98. The molecule has 0 radical (unpaired) electrons. The van der Waals surface area contributed by atoms with E-state index in [0.29, 0.717) is 0 Å². The molecule has 1 aromatic heterocycles. The molecule has 0 unspecified atom stereocenters. The molecule has 2 aromatic carbocycles. The van der Waals surface area contributed by atoms with Gasteiger partial charge in [-0.3, -0.25) is 0 Å². The van der Waals surface area contributed by atoms with Gasteiger partial charge < -0.3 is 14.5 Å². The van der Waals surface area contributed by atoms with Crippen LogP contribution in [0, 0.1) is 6.92 Å². The van der Waals surface area contributed by atoms with E-state index in [9.17, 15) is 0 Å². The van der Waals surface area contributed by atoms with E-state index in [4.69, 9.17) is 21.3 Å². The minimum Gasteiger partial charge on any atom is -0.497 e. The Bertz CT molecular complexity index is 903. The summed E-state index contributed by atoms with van der Waals surface area (Å²) in [7, 11) is 1.71. The largest absolute Gasteiger partial charge is 0.497 e. The van der Waals surface area contributed by atoms with Crippen LogP contribution in [-0.2, 0) is 0 Å². The summed E-state index contributed by atoms with van der Waals surface area (Å²) < 4.78 is 6.54. The van der Waals surface area contributed by atoms with Crippen molar-refractivity contribution in [2.45, 2.75) is 6.92 Å². The number of anilines is 2. The Labute approximate surface area is 156 Å². The van der Waals surface area contributed by atoms with Crippen molar-refractivity contribution in [1.29, 1.82) is 0 Å². The molecule has 1 saturated heterocycles. The topological polar surface area (TPSA) is 28.6 Å². The summed E-state index contributed by atoms with van der Waals surface area (Å²) in [5, 5.41) is 1.87. The number of thiazole rings is 1. The van der Waals surface area contributed by atoms with E-state index in [2.05, 4.69) is 28.0 Å². The fourth-order valence-electron chi connectivity index (χ4n) is 3.19. The van der Waals surface area contributed by atoms with Crippen LogP contribution in [0.2, 0.25) is 5.02 Å². The zero-order valence-electron chi connectivity index (χ0n) is 14.3. The number of piperazine rings is 1. The third-order valence-corrected chi connectivity index (χ3v) is 6.20. The summed E-state index contributed by atoms with van der Waals surface area (Å²) in [6.45, 7) is 5.91. The number of fused-ring (bicyclic) bond motifs is 1. The summed E-state index contributed by atoms with van der Waals surface area (Å²) in [4.78, 5) is 9.61. The summed E-state index contributed by atoms with van der Waals surface area (Å²) in [6, 6.07) is 12.3. The number of halogens is 1. The molecule has 0 spiro atoms. The number of hydrogen-bond donors (Lipinski definition) is 0. The number of aryl methyl sites for hydroxylation is 1. The van der Waals surface area contributed by atoms with Gasteiger partial charge in [0, 0.05) is 43.0 Å². The average molecular weight is 374 g/mol. The second-order valence-corrected chi connectivity index (χ2v) is 7.61. The molecule has 4 nitrogen and oxygen atoms in total. The maximum absolute atomic E-state index is 6.23. The number of nitrogens with zero attached hydrogens (tertiary/aromatic N) is 3. The van der Waals surface area contributed by atoms with E-state index in [1.807, 2.05) is 25.1 Å². The van der Waals surface area contributed by atoms with Crippen molar-refractivity contribution in [3.63, 3.8) is 0 Å². The highest BCUT2D eigenvalue weighted by molar-refractivity contribution is 7.22. The average Bonchev–Trinajstić information content (AvgIpc) is 3.10. The van der Waals surface area contributed by atoms with Crippen LogP contribution < -0.4 is 14.5 Å². The lowest BCUT2D eigenvalue weighted by Crippen LogP contribution is -2.46. The van der Waals surface area contributed by atoms with Gasteiger partial charge in [0.2, 0.25) is 0 Å². The zero-order chi connectivity index (χ0) is 17.4. The fourth-order valence-corrected chi connectivity index (χ4v) is 4.42. The van der Waals surface area contributed by atoms with Gasteiger partial charge >= 0.3 is 0 Å². The van der Waals surface area contributed by atoms with Gasteiger partial charge in [-0.25, -0.2) is 4.98 Å². The molecule has 6 heteroatoms. The van der Waals surface area contributed by atoms with Gasteiger partial charge in [0.1, 0.15) is 5.75 Å². The molecule has 130 valence electrons. The molecule has 1 fully saturated rings. The van der Waals surface area contributed by atoms with Crippen LogP contribution in [0.5, 0.6) is 5.75 Å². The van der Waals surface area contributed by atoms with Crippen molar-refractivity contribution >= 4 is 44.0 Å². The number of ether oxygens (including phenoxy) is 1. The van der Waals surface area contributed by atoms with Crippen LogP contribution in [-0.4, -0.2) is 38.3 Å². The molecule has 0 saturated carbocycles. The second-order valence-electron chi connectivity index (χ2n) is 6.19. The highest BCUT2D eigenvalue weighted by atomic mass is 35.5. The van der Waals surface area contributed by atoms with E-state index in [1.165, 1.54) is 10.4 Å². The molecule has 1 aliphatic heterocycles. The van der Waals surface area contributed by atoms with E-state index in [0.717, 1.165) is 53.2 Å². The van der Waals surface area contributed by atoms with Gasteiger partial charge in [-0.15, -0.1) is 0 Å². The van der Waals surface area contributed by atoms with Crippen molar-refractivity contribution in [3.8, 4) is 5.75 Å². The van der Waals surface area contributed by atoms with Crippen LogP contribution in [0.25, 0.3) is 10.2 Å². The van der Waals surface area contributed by atoms with Crippen molar-refractivity contribution in [1.82, 2.24) is 4.98 Å². The molecular weight excluding hydrogens is 354 g/mol. The van der Waals surface area contributed by atoms with E-state index in [-0.39, 0.29) is 0 Å². The quantitative estimate of drug-likeness (QED) is 0.671. The van der Waals surface area contributed by atoms with Crippen molar-refractivity contribution in [2.24, 2.45) is 0 Å². The van der Waals surface area contributed by atoms with Crippen molar-refractivity contribution in [3.05, 3.63) is 47.0 Å². The van der Waals surface area contributed by atoms with Gasteiger partial charge in [-0.05, 0) is 36.8 Å². The van der Waals surface area contributed by atoms with E-state index in [1.54, 1.807) is 18.4 Å². The third-order valence-electron chi connectivity index (χ3n) is 4.71. The lowest BCUT2D eigenvalue weighted by Gasteiger charge is -2.36. The van der Waals surface area contributed by atoms with Crippen LogP contribution in [0.15, 0.2) is 36.4 Å². The minimum atomic E-state index is 0.784. The number of aromatic nitrogens is 1. The Morgan fingerprint density at radius 2 is 1.84 bits per heavy atom. The molecule has 0 atom stereocenters. The molecule has 0 amide bonds. The van der Waals surface area contributed by atoms with Gasteiger partial charge in [-0.2, -0.15) is 0 Å². The molecule has 0 N–H and O–H groups in total. The first-order valence-electron chi connectivity index (χ1n) is 8.35. The number of rotatable bonds is 3. The maximum atomic E-state index is 6.23. The van der Waals surface area contributed by atoms with Crippen LogP contribution in [0.4, 0.5) is 10.8 Å². The van der Waals surface area contributed by atoms with Crippen LogP contribution >= 0.6 is 22.9 Å². The second kappa shape index (κ2) is 6.73. The Morgan fingerprint density at radius 3 is 2.60 bits per heavy atom. The first kappa shape index (κ1) is 16.5. The highest BCUT2D eigenvalue weighted by Gasteiger charge is 2.21. The van der Waals surface area contributed by atoms with Crippen molar-refractivity contribution in [2.75, 3.05) is 43.1 Å². The predicted molar refractivity (Wildman–Crippen MR) is 107 cm³/mol. The summed E-state index contributed by atoms with van der Waals surface area (Å²) in [5.74, 6) is 0.901. The van der Waals surface area contributed by atoms with Crippen LogP contribution in [0.1, 0.15) is 5.56 Å². The highest BCUT2D eigenvalue weighted by Crippen LogP contribution is 2.34. The van der Waals surface area contributed by atoms with Gasteiger partial charge in [0.25, 0.3) is 0 Å². The smallest absolute Gasteiger partial charge is 0.186 e. The summed E-state index contributed by atoms with van der Waals surface area (Å²) in [6.07, 6.45) is 0. The standard InChI is InChI=1S/C19H20ClN3OS/c1-13-16(20)6-7-17-18(13)21-19(25-17)23-10-8-22(9-11-23)14-4-3-5-15(12-14)24-2/h3-7,12H,8-11H2,1-2H3. The first-order chi connectivity index (χ1) is 12.2. The SMILES string of the molecule is COc1cccc(N2CCN(c3nc4c(C)c(Cl)ccc4s3)CC2)c1. The van der Waals surface area contributed by atoms with E-state index < -0.39 is 0 Å².